The van der Waals surface area contributed by atoms with Gasteiger partial charge in [-0.25, -0.2) is 4.98 Å². The zero-order chi connectivity index (χ0) is 50.4. The molecule has 10 rings (SSSR count). The SMILES string of the molecule is COc1cc(C)nc2c(C(F)(F)F)cccc12.COc1cc(N)nc2cc(C)ccc12.COc1ccc2c(OC)ccnc2c1.COc1ccnc2cc(Cl)ccc12.COc1ccnc2ccccc12. The van der Waals surface area contributed by atoms with E-state index < -0.39 is 11.7 Å². The number of ether oxygens (including phenoxy) is 6. The van der Waals surface area contributed by atoms with Crippen molar-refractivity contribution in [2.75, 3.05) is 48.4 Å². The fraction of sp³-hybridized carbons (Fsp3) is 0.167. The molecule has 0 saturated heterocycles. The molecule has 0 unspecified atom stereocenters. The van der Waals surface area contributed by atoms with Crippen molar-refractivity contribution in [1.82, 2.24) is 24.9 Å². The number of nitrogen functional groups attached to an aromatic ring is 1. The maximum atomic E-state index is 12.8. The largest absolute Gasteiger partial charge is 0.497 e. The lowest BCUT2D eigenvalue weighted by atomic mass is 10.1. The summed E-state index contributed by atoms with van der Waals surface area (Å²) in [6, 6.07) is 38.0. The van der Waals surface area contributed by atoms with Gasteiger partial charge in [-0.15, -0.1) is 0 Å². The molecule has 0 atom stereocenters. The number of pyridine rings is 5. The maximum Gasteiger partial charge on any atom is 0.418 e. The molecule has 0 bridgehead atoms. The fourth-order valence-corrected chi connectivity index (χ4v) is 7.32. The molecular formula is C54H50ClF3N6O6. The van der Waals surface area contributed by atoms with Crippen LogP contribution in [-0.2, 0) is 6.18 Å². The Morgan fingerprint density at radius 3 is 1.57 bits per heavy atom. The summed E-state index contributed by atoms with van der Waals surface area (Å²) in [6.45, 7) is 3.66. The van der Waals surface area contributed by atoms with Crippen molar-refractivity contribution in [3.05, 3.63) is 168 Å². The van der Waals surface area contributed by atoms with Crippen LogP contribution in [0.4, 0.5) is 19.0 Å². The van der Waals surface area contributed by atoms with Crippen LogP contribution in [0.5, 0.6) is 34.5 Å². The molecule has 0 aliphatic rings. The van der Waals surface area contributed by atoms with Crippen LogP contribution < -0.4 is 34.2 Å². The Hall–Kier alpha value is -8.17. The lowest BCUT2D eigenvalue weighted by Crippen LogP contribution is -2.07. The predicted molar refractivity (Wildman–Crippen MR) is 272 cm³/mol. The maximum absolute atomic E-state index is 12.8. The zero-order valence-electron chi connectivity index (χ0n) is 39.6. The Labute approximate surface area is 407 Å². The molecule has 5 aromatic heterocycles. The van der Waals surface area contributed by atoms with Crippen molar-refractivity contribution in [2.45, 2.75) is 20.0 Å². The van der Waals surface area contributed by atoms with Crippen molar-refractivity contribution in [2.24, 2.45) is 0 Å². The molecular weight excluding hydrogens is 921 g/mol. The highest BCUT2D eigenvalue weighted by atomic mass is 35.5. The number of fused-ring (bicyclic) bond motifs is 5. The van der Waals surface area contributed by atoms with Gasteiger partial charge >= 0.3 is 6.18 Å². The number of halogens is 4. The van der Waals surface area contributed by atoms with Crippen molar-refractivity contribution in [3.63, 3.8) is 0 Å². The third-order valence-electron chi connectivity index (χ3n) is 10.5. The fourth-order valence-electron chi connectivity index (χ4n) is 7.16. The first-order valence-corrected chi connectivity index (χ1v) is 21.7. The van der Waals surface area contributed by atoms with E-state index >= 15 is 0 Å². The first-order valence-electron chi connectivity index (χ1n) is 21.4. The number of benzene rings is 5. The average Bonchev–Trinajstić information content (AvgIpc) is 3.37. The van der Waals surface area contributed by atoms with Crippen LogP contribution in [0.15, 0.2) is 146 Å². The van der Waals surface area contributed by atoms with Gasteiger partial charge in [0.25, 0.3) is 0 Å². The summed E-state index contributed by atoms with van der Waals surface area (Å²) in [7, 11) is 9.66. The second-order valence-corrected chi connectivity index (χ2v) is 15.5. The minimum absolute atomic E-state index is 0.0724. The van der Waals surface area contributed by atoms with E-state index in [0.29, 0.717) is 27.7 Å². The summed E-state index contributed by atoms with van der Waals surface area (Å²) in [4.78, 5) is 20.8. The smallest absolute Gasteiger partial charge is 0.418 e. The van der Waals surface area contributed by atoms with Gasteiger partial charge in [0, 0.05) is 74.4 Å². The van der Waals surface area contributed by atoms with E-state index in [1.54, 1.807) is 79.3 Å². The van der Waals surface area contributed by atoms with Crippen LogP contribution in [0.2, 0.25) is 5.02 Å². The standard InChI is InChI=1S/C12H10F3NO.C11H12N2O.C11H11NO2.C10H8ClNO.C10H9NO/c1-7-6-10(17-2)8-4-3-5-9(11(8)16-7)12(13,14)15;1-7-3-4-8-9(5-7)13-11(12)6-10(8)14-2;1-13-8-3-4-9-10(7-8)12-6-5-11(9)14-2;1-13-10-4-5-12-9-6-7(11)2-3-8(9)10;1-12-10-6-7-11-9-5-3-2-4-8(9)10/h3-6H,1-2H3;3-6H,1-2H3,(H2,12,13);3-7H,1-2H3;2-6H,1H3;2-7H,1H3. The molecule has 0 aliphatic carbocycles. The summed E-state index contributed by atoms with van der Waals surface area (Å²) in [5.74, 6) is 4.99. The van der Waals surface area contributed by atoms with E-state index in [1.807, 2.05) is 104 Å². The molecule has 0 aliphatic heterocycles. The Morgan fingerprint density at radius 2 is 0.971 bits per heavy atom. The van der Waals surface area contributed by atoms with Gasteiger partial charge < -0.3 is 34.2 Å². The molecule has 0 saturated carbocycles. The van der Waals surface area contributed by atoms with E-state index in [0.717, 1.165) is 84.0 Å². The molecule has 12 nitrogen and oxygen atoms in total. The third kappa shape index (κ3) is 12.7. The zero-order valence-corrected chi connectivity index (χ0v) is 40.4. The number of nitrogens with two attached hydrogens (primary N) is 1. The van der Waals surface area contributed by atoms with E-state index in [-0.39, 0.29) is 5.52 Å². The van der Waals surface area contributed by atoms with Crippen molar-refractivity contribution in [3.8, 4) is 34.5 Å². The van der Waals surface area contributed by atoms with Gasteiger partial charge in [-0.1, -0.05) is 35.9 Å². The van der Waals surface area contributed by atoms with Gasteiger partial charge in [0.05, 0.1) is 75.8 Å². The topological polar surface area (TPSA) is 146 Å². The summed E-state index contributed by atoms with van der Waals surface area (Å²) in [5.41, 5.74) is 10.1. The quantitative estimate of drug-likeness (QED) is 0.169. The van der Waals surface area contributed by atoms with E-state index in [2.05, 4.69) is 24.9 Å². The number of hydrogen-bond acceptors (Lipinski definition) is 12. The number of rotatable bonds is 6. The molecule has 0 amide bonds. The van der Waals surface area contributed by atoms with E-state index in [1.165, 1.54) is 13.2 Å². The normalized spacial score (nSPS) is 10.6. The molecule has 5 aromatic carbocycles. The highest BCUT2D eigenvalue weighted by molar-refractivity contribution is 6.31. The van der Waals surface area contributed by atoms with Gasteiger partial charge in [-0.3, -0.25) is 19.9 Å². The minimum atomic E-state index is -4.41. The van der Waals surface area contributed by atoms with Gasteiger partial charge in [0.2, 0.25) is 0 Å². The first-order chi connectivity index (χ1) is 33.7. The van der Waals surface area contributed by atoms with E-state index in [9.17, 15) is 13.2 Å². The number of hydrogen-bond donors (Lipinski definition) is 1. The number of para-hydroxylation sites is 2. The molecule has 0 fully saturated rings. The number of alkyl halides is 3. The van der Waals surface area contributed by atoms with Crippen LogP contribution >= 0.6 is 11.6 Å². The van der Waals surface area contributed by atoms with Crippen molar-refractivity contribution >= 4 is 71.9 Å². The van der Waals surface area contributed by atoms with Gasteiger partial charge in [0.15, 0.2) is 0 Å². The predicted octanol–water partition coefficient (Wildman–Crippen LogP) is 13.1. The van der Waals surface area contributed by atoms with Gasteiger partial charge in [0.1, 0.15) is 40.3 Å². The van der Waals surface area contributed by atoms with Crippen LogP contribution in [0.25, 0.3) is 54.5 Å². The van der Waals surface area contributed by atoms with E-state index in [4.69, 9.17) is 45.8 Å². The number of aromatic nitrogens is 5. The monoisotopic (exact) mass is 970 g/mol. The second kappa shape index (κ2) is 23.7. The Kier molecular flexibility index (Phi) is 17.4. The number of nitrogens with zero attached hydrogens (tertiary/aromatic N) is 5. The van der Waals surface area contributed by atoms with Crippen LogP contribution in [-0.4, -0.2) is 67.6 Å². The molecule has 2 N–H and O–H groups in total. The van der Waals surface area contributed by atoms with Gasteiger partial charge in [-0.2, -0.15) is 13.2 Å². The number of anilines is 1. The summed E-state index contributed by atoms with van der Waals surface area (Å²) in [6.07, 6.45) is 0.768. The second-order valence-electron chi connectivity index (χ2n) is 15.0. The van der Waals surface area contributed by atoms with Crippen molar-refractivity contribution < 1.29 is 41.6 Å². The Bertz CT molecular complexity index is 3370. The summed E-state index contributed by atoms with van der Waals surface area (Å²) >= 11 is 5.83. The third-order valence-corrected chi connectivity index (χ3v) is 10.7. The van der Waals surface area contributed by atoms with Gasteiger partial charge in [-0.05, 0) is 104 Å². The number of aryl methyl sites for hydroxylation is 2. The molecule has 0 spiro atoms. The lowest BCUT2D eigenvalue weighted by molar-refractivity contribution is -0.136. The lowest BCUT2D eigenvalue weighted by Gasteiger charge is -2.12. The number of methoxy groups -OCH3 is 6. The Morgan fingerprint density at radius 1 is 0.457 bits per heavy atom. The highest BCUT2D eigenvalue weighted by Crippen LogP contribution is 2.37. The highest BCUT2D eigenvalue weighted by Gasteiger charge is 2.33. The van der Waals surface area contributed by atoms with Crippen LogP contribution in [0.1, 0.15) is 16.8 Å². The molecule has 360 valence electrons. The molecule has 16 heteroatoms. The molecule has 0 radical (unpaired) electrons. The van der Waals surface area contributed by atoms with Crippen molar-refractivity contribution in [1.29, 1.82) is 0 Å². The minimum Gasteiger partial charge on any atom is -0.497 e. The van der Waals surface area contributed by atoms with Crippen LogP contribution in [0.3, 0.4) is 0 Å². The van der Waals surface area contributed by atoms with Crippen LogP contribution in [0, 0.1) is 13.8 Å². The average molecular weight is 971 g/mol. The molecule has 70 heavy (non-hydrogen) atoms. The molecule has 10 aromatic rings. The summed E-state index contributed by atoms with van der Waals surface area (Å²) in [5, 5.41) is 5.08. The first kappa shape index (κ1) is 51.2. The summed E-state index contributed by atoms with van der Waals surface area (Å²) < 4.78 is 69.4. The Balaban J connectivity index is 0.000000144. The molecule has 5 heterocycles.